The molecule has 0 aliphatic carbocycles. The number of rotatable bonds is 5. The van der Waals surface area contributed by atoms with Crippen LogP contribution in [0.1, 0.15) is 56.2 Å². The molecule has 114 valence electrons. The van der Waals surface area contributed by atoms with Gasteiger partial charge in [0.2, 0.25) is 0 Å². The lowest BCUT2D eigenvalue weighted by Gasteiger charge is -2.35. The number of thiophene rings is 1. The zero-order valence-corrected chi connectivity index (χ0v) is 14.4. The molecule has 2 nitrogen and oxygen atoms in total. The minimum atomic E-state index is 0.288. The zero-order chi connectivity index (χ0) is 14.6. The molecule has 1 fully saturated rings. The van der Waals surface area contributed by atoms with Crippen LogP contribution in [0.25, 0.3) is 0 Å². The van der Waals surface area contributed by atoms with Crippen LogP contribution in [-0.4, -0.2) is 31.1 Å². The van der Waals surface area contributed by atoms with E-state index in [0.717, 1.165) is 19.1 Å². The average Bonchev–Trinajstić information content (AvgIpc) is 2.86. The average molecular weight is 295 g/mol. The smallest absolute Gasteiger partial charge is 0.0330 e. The van der Waals surface area contributed by atoms with Gasteiger partial charge in [-0.3, -0.25) is 4.90 Å². The second-order valence-electron chi connectivity index (χ2n) is 7.03. The first-order valence-electron chi connectivity index (χ1n) is 7.98. The van der Waals surface area contributed by atoms with Gasteiger partial charge in [0.25, 0.3) is 0 Å². The van der Waals surface area contributed by atoms with Crippen LogP contribution in [-0.2, 0) is 12.0 Å². The molecule has 1 aliphatic rings. The molecule has 1 atom stereocenters. The van der Waals surface area contributed by atoms with E-state index in [9.17, 15) is 0 Å². The maximum absolute atomic E-state index is 3.30. The molecule has 0 bridgehead atoms. The van der Waals surface area contributed by atoms with E-state index in [0.29, 0.717) is 0 Å². The Morgan fingerprint density at radius 3 is 2.75 bits per heavy atom. The Morgan fingerprint density at radius 1 is 1.30 bits per heavy atom. The highest BCUT2D eigenvalue weighted by molar-refractivity contribution is 7.12. The van der Waals surface area contributed by atoms with Crippen molar-refractivity contribution in [2.24, 2.45) is 0 Å². The Labute approximate surface area is 128 Å². The van der Waals surface area contributed by atoms with Crippen molar-refractivity contribution in [3.8, 4) is 0 Å². The fourth-order valence-electron chi connectivity index (χ4n) is 2.97. The molecule has 1 unspecified atom stereocenters. The summed E-state index contributed by atoms with van der Waals surface area (Å²) < 4.78 is 0. The Bertz CT molecular complexity index is 405. The third kappa shape index (κ3) is 4.31. The van der Waals surface area contributed by atoms with Crippen molar-refractivity contribution in [1.29, 1.82) is 0 Å². The van der Waals surface area contributed by atoms with Crippen LogP contribution in [0.4, 0.5) is 0 Å². The summed E-state index contributed by atoms with van der Waals surface area (Å²) in [4.78, 5) is 5.75. The first-order valence-corrected chi connectivity index (χ1v) is 8.80. The maximum atomic E-state index is 3.30. The molecule has 0 radical (unpaired) electrons. The third-order valence-electron chi connectivity index (χ3n) is 4.24. The first kappa shape index (κ1) is 16.0. The highest BCUT2D eigenvalue weighted by atomic mass is 32.1. The molecule has 1 N–H and O–H groups in total. The number of nitrogens with one attached hydrogen (secondary N) is 1. The minimum absolute atomic E-state index is 0.288. The van der Waals surface area contributed by atoms with Gasteiger partial charge in [0.1, 0.15) is 0 Å². The molecule has 1 aromatic heterocycles. The monoisotopic (exact) mass is 294 g/mol. The van der Waals surface area contributed by atoms with E-state index in [1.54, 1.807) is 0 Å². The van der Waals surface area contributed by atoms with E-state index in [4.69, 9.17) is 0 Å². The Balaban J connectivity index is 1.97. The lowest BCUT2D eigenvalue weighted by Crippen LogP contribution is -2.40. The van der Waals surface area contributed by atoms with E-state index in [1.165, 1.54) is 42.0 Å². The van der Waals surface area contributed by atoms with Crippen molar-refractivity contribution in [1.82, 2.24) is 10.2 Å². The predicted molar refractivity (Wildman–Crippen MR) is 89.6 cm³/mol. The van der Waals surface area contributed by atoms with Gasteiger partial charge in [0.05, 0.1) is 0 Å². The number of piperidine rings is 1. The van der Waals surface area contributed by atoms with Crippen LogP contribution in [0.3, 0.4) is 0 Å². The Morgan fingerprint density at radius 2 is 2.10 bits per heavy atom. The van der Waals surface area contributed by atoms with Crippen molar-refractivity contribution in [2.45, 2.75) is 64.5 Å². The highest BCUT2D eigenvalue weighted by Gasteiger charge is 2.23. The van der Waals surface area contributed by atoms with Gasteiger partial charge in [-0.15, -0.1) is 11.3 Å². The van der Waals surface area contributed by atoms with Gasteiger partial charge in [-0.05, 0) is 56.9 Å². The first-order chi connectivity index (χ1) is 9.50. The molecule has 1 aliphatic heterocycles. The molecule has 3 heteroatoms. The van der Waals surface area contributed by atoms with E-state index in [2.05, 4.69) is 50.2 Å². The summed E-state index contributed by atoms with van der Waals surface area (Å²) in [6, 6.07) is 5.44. The van der Waals surface area contributed by atoms with Gasteiger partial charge < -0.3 is 5.32 Å². The SMILES string of the molecule is CNCCC1CCCCN1Cc1ccc(C(C)(C)C)s1. The molecule has 2 rings (SSSR count). The summed E-state index contributed by atoms with van der Waals surface area (Å²) in [5.41, 5.74) is 0.288. The molecular formula is C17H30N2S. The van der Waals surface area contributed by atoms with Crippen molar-refractivity contribution in [2.75, 3.05) is 20.1 Å². The van der Waals surface area contributed by atoms with Crippen LogP contribution in [0.5, 0.6) is 0 Å². The molecule has 0 spiro atoms. The summed E-state index contributed by atoms with van der Waals surface area (Å²) in [7, 11) is 2.06. The molecule has 20 heavy (non-hydrogen) atoms. The molecular weight excluding hydrogens is 264 g/mol. The van der Waals surface area contributed by atoms with Gasteiger partial charge in [-0.2, -0.15) is 0 Å². The van der Waals surface area contributed by atoms with Crippen LogP contribution in [0.15, 0.2) is 12.1 Å². The topological polar surface area (TPSA) is 15.3 Å². The standard InChI is InChI=1S/C17H30N2S/c1-17(2,3)16-9-8-15(20-16)13-19-12-6-5-7-14(19)10-11-18-4/h8-9,14,18H,5-7,10-13H2,1-4H3. The van der Waals surface area contributed by atoms with Crippen LogP contribution >= 0.6 is 11.3 Å². The largest absolute Gasteiger partial charge is 0.320 e. The van der Waals surface area contributed by atoms with Gasteiger partial charge >= 0.3 is 0 Å². The molecule has 0 saturated carbocycles. The second-order valence-corrected chi connectivity index (χ2v) is 8.20. The normalized spacial score (nSPS) is 21.3. The van der Waals surface area contributed by atoms with Crippen molar-refractivity contribution in [3.63, 3.8) is 0 Å². The summed E-state index contributed by atoms with van der Waals surface area (Å²) in [6.45, 7) is 10.5. The maximum Gasteiger partial charge on any atom is 0.0330 e. The molecule has 1 aromatic rings. The number of nitrogens with zero attached hydrogens (tertiary/aromatic N) is 1. The van der Waals surface area contributed by atoms with Gasteiger partial charge in [-0.1, -0.05) is 27.2 Å². The molecule has 0 amide bonds. The number of likely N-dealkylation sites (tertiary alicyclic amines) is 1. The van der Waals surface area contributed by atoms with Gasteiger partial charge in [-0.25, -0.2) is 0 Å². The van der Waals surface area contributed by atoms with E-state index >= 15 is 0 Å². The zero-order valence-electron chi connectivity index (χ0n) is 13.5. The lowest BCUT2D eigenvalue weighted by molar-refractivity contribution is 0.134. The summed E-state index contributed by atoms with van der Waals surface area (Å²) in [5.74, 6) is 0. The van der Waals surface area contributed by atoms with Crippen molar-refractivity contribution >= 4 is 11.3 Å². The van der Waals surface area contributed by atoms with Crippen molar-refractivity contribution in [3.05, 3.63) is 21.9 Å². The van der Waals surface area contributed by atoms with Crippen LogP contribution in [0.2, 0.25) is 0 Å². The Kier molecular flexibility index (Phi) is 5.65. The van der Waals surface area contributed by atoms with Gasteiger partial charge in [0.15, 0.2) is 0 Å². The van der Waals surface area contributed by atoms with E-state index in [1.807, 2.05) is 11.3 Å². The van der Waals surface area contributed by atoms with E-state index < -0.39 is 0 Å². The van der Waals surface area contributed by atoms with Crippen LogP contribution < -0.4 is 5.32 Å². The fraction of sp³-hybridized carbons (Fsp3) is 0.765. The predicted octanol–water partition coefficient (Wildman–Crippen LogP) is 4.01. The fourth-order valence-corrected chi connectivity index (χ4v) is 4.06. The summed E-state index contributed by atoms with van der Waals surface area (Å²) >= 11 is 2.00. The lowest BCUT2D eigenvalue weighted by atomic mass is 9.95. The third-order valence-corrected chi connectivity index (χ3v) is 5.73. The van der Waals surface area contributed by atoms with Gasteiger partial charge in [0, 0.05) is 22.3 Å². The minimum Gasteiger partial charge on any atom is -0.320 e. The quantitative estimate of drug-likeness (QED) is 0.882. The molecule has 2 heterocycles. The van der Waals surface area contributed by atoms with E-state index in [-0.39, 0.29) is 5.41 Å². The Hall–Kier alpha value is -0.380. The molecule has 1 saturated heterocycles. The van der Waals surface area contributed by atoms with Crippen LogP contribution in [0, 0.1) is 0 Å². The highest BCUT2D eigenvalue weighted by Crippen LogP contribution is 2.31. The summed E-state index contributed by atoms with van der Waals surface area (Å²) in [6.07, 6.45) is 5.43. The van der Waals surface area contributed by atoms with Crippen molar-refractivity contribution < 1.29 is 0 Å². The molecule has 0 aromatic carbocycles. The summed E-state index contributed by atoms with van der Waals surface area (Å²) in [5, 5.41) is 3.30. The number of hydrogen-bond donors (Lipinski definition) is 1. The number of hydrogen-bond acceptors (Lipinski definition) is 3. The second kappa shape index (κ2) is 7.06.